The molecule has 0 aliphatic carbocycles. The zero-order valence-corrected chi connectivity index (χ0v) is 13.1. The summed E-state index contributed by atoms with van der Waals surface area (Å²) in [5, 5.41) is 0. The Balaban J connectivity index is 2.44. The molecule has 0 aromatic carbocycles. The molecule has 2 saturated heterocycles. The van der Waals surface area contributed by atoms with E-state index in [1.165, 1.54) is 0 Å². The SMILES string of the molecule is CC1(C)CCN2C(=O)CCCC2(C)N1C(=O)C(Cl)Cl. The molecule has 4 nitrogen and oxygen atoms in total. The van der Waals surface area contributed by atoms with Gasteiger partial charge in [0.25, 0.3) is 5.91 Å². The van der Waals surface area contributed by atoms with Gasteiger partial charge in [0.05, 0.1) is 0 Å². The molecule has 0 bridgehead atoms. The molecule has 2 heterocycles. The highest BCUT2D eigenvalue weighted by Gasteiger charge is 2.54. The summed E-state index contributed by atoms with van der Waals surface area (Å²) in [5.74, 6) is -0.196. The van der Waals surface area contributed by atoms with Gasteiger partial charge in [0.15, 0.2) is 4.84 Å². The molecule has 0 saturated carbocycles. The average Bonchev–Trinajstić information content (AvgIpc) is 2.26. The van der Waals surface area contributed by atoms with Gasteiger partial charge in [-0.25, -0.2) is 0 Å². The third kappa shape index (κ3) is 2.33. The summed E-state index contributed by atoms with van der Waals surface area (Å²) >= 11 is 11.6. The fraction of sp³-hybridized carbons (Fsp3) is 0.846. The van der Waals surface area contributed by atoms with Crippen LogP contribution < -0.4 is 0 Å². The first-order chi connectivity index (χ1) is 8.70. The molecule has 2 rings (SSSR count). The summed E-state index contributed by atoms with van der Waals surface area (Å²) in [6, 6.07) is 0. The van der Waals surface area contributed by atoms with Crippen molar-refractivity contribution in [2.75, 3.05) is 6.54 Å². The number of rotatable bonds is 1. The van der Waals surface area contributed by atoms with E-state index in [1.54, 1.807) is 4.90 Å². The van der Waals surface area contributed by atoms with Gasteiger partial charge in [-0.2, -0.15) is 0 Å². The lowest BCUT2D eigenvalue weighted by molar-refractivity contribution is -0.186. The Labute approximate surface area is 124 Å². The molecular weight excluding hydrogens is 287 g/mol. The predicted molar refractivity (Wildman–Crippen MR) is 75.0 cm³/mol. The molecule has 2 aliphatic heterocycles. The van der Waals surface area contributed by atoms with E-state index < -0.39 is 10.5 Å². The number of alkyl halides is 2. The maximum absolute atomic E-state index is 12.4. The van der Waals surface area contributed by atoms with Crippen LogP contribution >= 0.6 is 23.2 Å². The van der Waals surface area contributed by atoms with E-state index in [-0.39, 0.29) is 17.4 Å². The highest BCUT2D eigenvalue weighted by Crippen LogP contribution is 2.42. The molecule has 2 aliphatic rings. The van der Waals surface area contributed by atoms with Gasteiger partial charge in [-0.15, -0.1) is 0 Å². The minimum Gasteiger partial charge on any atom is -0.320 e. The molecule has 19 heavy (non-hydrogen) atoms. The minimum atomic E-state index is -1.09. The smallest absolute Gasteiger partial charge is 0.258 e. The number of fused-ring (bicyclic) bond motifs is 1. The van der Waals surface area contributed by atoms with Crippen molar-refractivity contribution in [1.82, 2.24) is 9.80 Å². The second kappa shape index (κ2) is 4.81. The van der Waals surface area contributed by atoms with Gasteiger partial charge < -0.3 is 9.80 Å². The van der Waals surface area contributed by atoms with E-state index in [1.807, 2.05) is 25.7 Å². The van der Waals surface area contributed by atoms with E-state index in [4.69, 9.17) is 23.2 Å². The molecule has 2 amide bonds. The number of piperidine rings is 1. The lowest BCUT2D eigenvalue weighted by Gasteiger charge is -2.61. The molecule has 0 aromatic rings. The lowest BCUT2D eigenvalue weighted by Crippen LogP contribution is -2.73. The van der Waals surface area contributed by atoms with Crippen LogP contribution in [-0.2, 0) is 9.59 Å². The number of hydrogen-bond acceptors (Lipinski definition) is 2. The van der Waals surface area contributed by atoms with E-state index in [2.05, 4.69) is 0 Å². The normalized spacial score (nSPS) is 30.5. The molecule has 108 valence electrons. The quantitative estimate of drug-likeness (QED) is 0.699. The zero-order valence-electron chi connectivity index (χ0n) is 11.6. The monoisotopic (exact) mass is 306 g/mol. The number of hydrogen-bond donors (Lipinski definition) is 0. The van der Waals surface area contributed by atoms with Gasteiger partial charge in [-0.1, -0.05) is 23.2 Å². The highest BCUT2D eigenvalue weighted by molar-refractivity contribution is 6.53. The molecular formula is C13H20Cl2N2O2. The minimum absolute atomic E-state index is 0.114. The standard InChI is InChI=1S/C13H20Cl2N2O2/c1-12(2)7-8-16-9(18)5-4-6-13(16,3)17(12)11(19)10(14)15/h10H,4-8H2,1-3H3. The van der Waals surface area contributed by atoms with Crippen LogP contribution in [-0.4, -0.2) is 44.2 Å². The molecule has 2 fully saturated rings. The van der Waals surface area contributed by atoms with Crippen molar-refractivity contribution in [1.29, 1.82) is 0 Å². The molecule has 0 N–H and O–H groups in total. The Morgan fingerprint density at radius 2 is 1.89 bits per heavy atom. The predicted octanol–water partition coefficient (Wildman–Crippen LogP) is 2.53. The summed E-state index contributed by atoms with van der Waals surface area (Å²) in [5.41, 5.74) is -0.946. The number of halogens is 2. The number of carbonyl (C=O) groups excluding carboxylic acids is 2. The van der Waals surface area contributed by atoms with Gasteiger partial charge in [0, 0.05) is 18.5 Å². The van der Waals surface area contributed by atoms with Gasteiger partial charge >= 0.3 is 0 Å². The average molecular weight is 307 g/mol. The third-order valence-electron chi connectivity index (χ3n) is 4.36. The topological polar surface area (TPSA) is 40.6 Å². The summed E-state index contributed by atoms with van der Waals surface area (Å²) in [6.45, 7) is 6.63. The second-order valence-corrected chi connectivity index (χ2v) is 7.25. The van der Waals surface area contributed by atoms with E-state index >= 15 is 0 Å². The number of carbonyl (C=O) groups is 2. The second-order valence-electron chi connectivity index (χ2n) is 6.15. The van der Waals surface area contributed by atoms with Crippen LogP contribution in [0.3, 0.4) is 0 Å². The van der Waals surface area contributed by atoms with Crippen LogP contribution in [0.25, 0.3) is 0 Å². The van der Waals surface area contributed by atoms with Crippen LogP contribution in [0.2, 0.25) is 0 Å². The molecule has 0 radical (unpaired) electrons. The molecule has 1 atom stereocenters. The maximum atomic E-state index is 12.4. The summed E-state index contributed by atoms with van der Waals surface area (Å²) in [6.07, 6.45) is 2.86. The summed E-state index contributed by atoms with van der Waals surface area (Å²) in [4.78, 5) is 27.0. The van der Waals surface area contributed by atoms with Crippen molar-refractivity contribution >= 4 is 35.0 Å². The fourth-order valence-electron chi connectivity index (χ4n) is 3.49. The van der Waals surface area contributed by atoms with Crippen molar-refractivity contribution in [2.24, 2.45) is 0 Å². The van der Waals surface area contributed by atoms with Crippen molar-refractivity contribution in [3.05, 3.63) is 0 Å². The lowest BCUT2D eigenvalue weighted by atomic mass is 9.83. The van der Waals surface area contributed by atoms with Crippen molar-refractivity contribution in [3.63, 3.8) is 0 Å². The van der Waals surface area contributed by atoms with E-state index in [9.17, 15) is 9.59 Å². The number of amides is 2. The van der Waals surface area contributed by atoms with E-state index in [0.29, 0.717) is 13.0 Å². The van der Waals surface area contributed by atoms with Gasteiger partial charge in [0.2, 0.25) is 5.91 Å². The maximum Gasteiger partial charge on any atom is 0.258 e. The first-order valence-corrected chi connectivity index (χ1v) is 7.50. The first-order valence-electron chi connectivity index (χ1n) is 6.63. The molecule has 0 aromatic heterocycles. The summed E-state index contributed by atoms with van der Waals surface area (Å²) < 4.78 is 0. The fourth-order valence-corrected chi connectivity index (χ4v) is 3.69. The Morgan fingerprint density at radius 1 is 1.26 bits per heavy atom. The summed E-state index contributed by atoms with van der Waals surface area (Å²) in [7, 11) is 0. The molecule has 0 spiro atoms. The van der Waals surface area contributed by atoms with Gasteiger partial charge in [-0.05, 0) is 40.0 Å². The number of nitrogens with zero attached hydrogens (tertiary/aromatic N) is 2. The van der Waals surface area contributed by atoms with Crippen molar-refractivity contribution in [2.45, 2.75) is 62.5 Å². The van der Waals surface area contributed by atoms with Crippen LogP contribution in [0.5, 0.6) is 0 Å². The van der Waals surface area contributed by atoms with Crippen molar-refractivity contribution in [3.8, 4) is 0 Å². The molecule has 6 heteroatoms. The third-order valence-corrected chi connectivity index (χ3v) is 4.74. The van der Waals surface area contributed by atoms with Crippen LogP contribution in [0.15, 0.2) is 0 Å². The van der Waals surface area contributed by atoms with Crippen molar-refractivity contribution < 1.29 is 9.59 Å². The first kappa shape index (κ1) is 14.9. The van der Waals surface area contributed by atoms with Crippen LogP contribution in [0.1, 0.15) is 46.5 Å². The Hall–Kier alpha value is -0.480. The Morgan fingerprint density at radius 3 is 2.47 bits per heavy atom. The largest absolute Gasteiger partial charge is 0.320 e. The Kier molecular flexibility index (Phi) is 3.78. The zero-order chi connectivity index (χ0) is 14.4. The van der Waals surface area contributed by atoms with Gasteiger partial charge in [-0.3, -0.25) is 9.59 Å². The molecule has 1 unspecified atom stereocenters. The van der Waals surface area contributed by atoms with Crippen LogP contribution in [0, 0.1) is 0 Å². The highest BCUT2D eigenvalue weighted by atomic mass is 35.5. The van der Waals surface area contributed by atoms with E-state index in [0.717, 1.165) is 19.3 Å². The Bertz CT molecular complexity index is 411. The van der Waals surface area contributed by atoms with Gasteiger partial charge in [0.1, 0.15) is 5.66 Å². The van der Waals surface area contributed by atoms with Crippen LogP contribution in [0.4, 0.5) is 0 Å².